The fourth-order valence-electron chi connectivity index (χ4n) is 0.899. The highest BCUT2D eigenvalue weighted by atomic mass is 32.2. The summed E-state index contributed by atoms with van der Waals surface area (Å²) in [5.41, 5.74) is 0. The zero-order chi connectivity index (χ0) is 13.7. The maximum atomic E-state index is 11.6. The first-order valence-electron chi connectivity index (χ1n) is 4.86. The largest absolute Gasteiger partial charge is 0.465 e. The first-order valence-corrected chi connectivity index (χ1v) is 8.53. The van der Waals surface area contributed by atoms with Crippen molar-refractivity contribution in [3.63, 3.8) is 0 Å². The number of sulfonamides is 1. The second-order valence-electron chi connectivity index (χ2n) is 3.51. The lowest BCUT2D eigenvalue weighted by molar-refractivity contribution is -0.143. The molecule has 0 aromatic heterocycles. The third kappa shape index (κ3) is 7.29. The zero-order valence-corrected chi connectivity index (χ0v) is 11.7. The van der Waals surface area contributed by atoms with Crippen molar-refractivity contribution in [2.75, 3.05) is 38.0 Å². The van der Waals surface area contributed by atoms with Gasteiger partial charge >= 0.3 is 5.97 Å². The Hall–Kier alpha value is -0.670. The molecule has 0 saturated carbocycles. The fraction of sp³-hybridized carbons (Fsp3) is 0.875. The number of esters is 1. The molecule has 0 heterocycles. The smallest absolute Gasteiger partial charge is 0.321 e. The molecule has 0 aliphatic carbocycles. The average Bonchev–Trinajstić information content (AvgIpc) is 2.14. The van der Waals surface area contributed by atoms with E-state index in [2.05, 4.69) is 4.74 Å². The van der Waals surface area contributed by atoms with E-state index >= 15 is 0 Å². The van der Waals surface area contributed by atoms with Gasteiger partial charge in [0.25, 0.3) is 0 Å². The van der Waals surface area contributed by atoms with Crippen LogP contribution in [0, 0.1) is 0 Å². The first-order chi connectivity index (χ1) is 7.58. The highest BCUT2D eigenvalue weighted by Gasteiger charge is 2.22. The van der Waals surface area contributed by atoms with Crippen LogP contribution in [-0.4, -0.2) is 65.1 Å². The molecule has 0 rings (SSSR count). The molecule has 0 aromatic rings. The van der Waals surface area contributed by atoms with Gasteiger partial charge in [-0.1, -0.05) is 0 Å². The number of nitrogens with zero attached hydrogens (tertiary/aromatic N) is 1. The Labute approximate surface area is 102 Å². The molecular weight excluding hydrogens is 270 g/mol. The minimum atomic E-state index is -3.75. The van der Waals surface area contributed by atoms with E-state index in [4.69, 9.17) is 0 Å². The first kappa shape index (κ1) is 16.3. The number of ether oxygens (including phenoxy) is 1. The molecule has 17 heavy (non-hydrogen) atoms. The van der Waals surface area contributed by atoms with Crippen molar-refractivity contribution in [3.05, 3.63) is 0 Å². The molecule has 0 atom stereocenters. The summed E-state index contributed by atoms with van der Waals surface area (Å²) in [5, 5.41) is 0. The average molecular weight is 287 g/mol. The highest BCUT2D eigenvalue weighted by Crippen LogP contribution is 2.00. The van der Waals surface area contributed by atoms with Crippen molar-refractivity contribution < 1.29 is 26.4 Å². The van der Waals surface area contributed by atoms with Gasteiger partial charge in [-0.15, -0.1) is 0 Å². The van der Waals surface area contributed by atoms with Crippen molar-refractivity contribution in [2.45, 2.75) is 6.92 Å². The summed E-state index contributed by atoms with van der Waals surface area (Å²) in [6, 6.07) is 0. The molecule has 0 bridgehead atoms. The molecule has 0 N–H and O–H groups in total. The Bertz CT molecular complexity index is 452. The summed E-state index contributed by atoms with van der Waals surface area (Å²) < 4.78 is 50.2. The Morgan fingerprint density at radius 2 is 1.71 bits per heavy atom. The second kappa shape index (κ2) is 6.31. The Morgan fingerprint density at radius 3 is 2.12 bits per heavy atom. The van der Waals surface area contributed by atoms with Gasteiger partial charge in [0.1, 0.15) is 16.4 Å². The van der Waals surface area contributed by atoms with Gasteiger partial charge < -0.3 is 4.74 Å². The van der Waals surface area contributed by atoms with Crippen LogP contribution in [0.15, 0.2) is 0 Å². The molecule has 0 aliphatic rings. The highest BCUT2D eigenvalue weighted by molar-refractivity contribution is 7.93. The van der Waals surface area contributed by atoms with E-state index < -0.39 is 43.9 Å². The molecule has 102 valence electrons. The van der Waals surface area contributed by atoms with Gasteiger partial charge in [0, 0.05) is 13.3 Å². The van der Waals surface area contributed by atoms with Crippen LogP contribution in [0.25, 0.3) is 0 Å². The number of carbonyl (C=O) groups excluding carboxylic acids is 1. The fourth-order valence-corrected chi connectivity index (χ4v) is 3.57. The molecule has 0 radical (unpaired) electrons. The van der Waals surface area contributed by atoms with Crippen molar-refractivity contribution >= 4 is 25.8 Å². The zero-order valence-electron chi connectivity index (χ0n) is 10.0. The van der Waals surface area contributed by atoms with E-state index in [1.807, 2.05) is 0 Å². The molecule has 0 amide bonds. The number of rotatable bonds is 7. The van der Waals surface area contributed by atoms with Crippen LogP contribution in [0.3, 0.4) is 0 Å². The van der Waals surface area contributed by atoms with Crippen LogP contribution >= 0.6 is 0 Å². The van der Waals surface area contributed by atoms with Crippen LogP contribution in [0.1, 0.15) is 6.92 Å². The van der Waals surface area contributed by atoms with Gasteiger partial charge in [0.15, 0.2) is 0 Å². The molecule has 9 heteroatoms. The van der Waals surface area contributed by atoms with E-state index in [1.165, 1.54) is 7.05 Å². The van der Waals surface area contributed by atoms with Gasteiger partial charge in [0.2, 0.25) is 10.0 Å². The predicted octanol–water partition coefficient (Wildman–Crippen LogP) is -1.14. The van der Waals surface area contributed by atoms with Gasteiger partial charge in [-0.2, -0.15) is 4.31 Å². The van der Waals surface area contributed by atoms with E-state index in [1.54, 1.807) is 6.92 Å². The summed E-state index contributed by atoms with van der Waals surface area (Å²) in [7, 11) is -5.90. The van der Waals surface area contributed by atoms with E-state index in [0.717, 1.165) is 10.6 Å². The molecule has 0 aliphatic heterocycles. The van der Waals surface area contributed by atoms with Crippen LogP contribution in [0.2, 0.25) is 0 Å². The quantitative estimate of drug-likeness (QED) is 0.549. The Balaban J connectivity index is 4.46. The molecular formula is C8H17NO6S2. The minimum Gasteiger partial charge on any atom is -0.465 e. The second-order valence-corrected chi connectivity index (χ2v) is 7.96. The van der Waals surface area contributed by atoms with E-state index in [0.29, 0.717) is 0 Å². The Kier molecular flexibility index (Phi) is 6.06. The van der Waals surface area contributed by atoms with Crippen molar-refractivity contribution in [1.82, 2.24) is 4.31 Å². The van der Waals surface area contributed by atoms with Gasteiger partial charge in [-0.05, 0) is 6.92 Å². The lowest BCUT2D eigenvalue weighted by Gasteiger charge is -2.15. The normalized spacial score (nSPS) is 12.7. The predicted molar refractivity (Wildman–Crippen MR) is 62.8 cm³/mol. The lowest BCUT2D eigenvalue weighted by Crippen LogP contribution is -2.36. The van der Waals surface area contributed by atoms with Gasteiger partial charge in [0.05, 0.1) is 18.1 Å². The standard InChI is InChI=1S/C8H17NO6S2/c1-4-15-8(10)7-9(2)17(13,14)6-5-16(3,11)12/h4-7H2,1-3H3. The van der Waals surface area contributed by atoms with Crippen molar-refractivity contribution in [3.8, 4) is 0 Å². The van der Waals surface area contributed by atoms with Crippen LogP contribution in [-0.2, 0) is 29.4 Å². The van der Waals surface area contributed by atoms with Crippen molar-refractivity contribution in [1.29, 1.82) is 0 Å². The van der Waals surface area contributed by atoms with Crippen LogP contribution in [0.5, 0.6) is 0 Å². The minimum absolute atomic E-state index is 0.163. The molecule has 0 spiro atoms. The molecule has 0 aromatic carbocycles. The number of carbonyl (C=O) groups is 1. The summed E-state index contributed by atoms with van der Waals surface area (Å²) in [6.45, 7) is 1.35. The molecule has 7 nitrogen and oxygen atoms in total. The molecule has 0 fully saturated rings. The topological polar surface area (TPSA) is 97.8 Å². The van der Waals surface area contributed by atoms with Crippen LogP contribution < -0.4 is 0 Å². The molecule has 0 unspecified atom stereocenters. The maximum Gasteiger partial charge on any atom is 0.321 e. The Morgan fingerprint density at radius 1 is 1.18 bits per heavy atom. The lowest BCUT2D eigenvalue weighted by atomic mass is 10.6. The van der Waals surface area contributed by atoms with Gasteiger partial charge in [-0.25, -0.2) is 16.8 Å². The number of hydrogen-bond donors (Lipinski definition) is 0. The number of likely N-dealkylation sites (N-methyl/N-ethyl adjacent to an activating group) is 1. The SMILES string of the molecule is CCOC(=O)CN(C)S(=O)(=O)CCS(C)(=O)=O. The summed E-state index contributed by atoms with van der Waals surface area (Å²) in [4.78, 5) is 11.1. The number of sulfone groups is 1. The number of hydrogen-bond acceptors (Lipinski definition) is 6. The summed E-state index contributed by atoms with van der Waals surface area (Å²) in [5.74, 6) is -1.68. The van der Waals surface area contributed by atoms with Gasteiger partial charge in [-0.3, -0.25) is 4.79 Å². The summed E-state index contributed by atoms with van der Waals surface area (Å²) in [6.07, 6.45) is 0.952. The monoisotopic (exact) mass is 287 g/mol. The van der Waals surface area contributed by atoms with E-state index in [-0.39, 0.29) is 6.61 Å². The molecule has 0 saturated heterocycles. The maximum absolute atomic E-state index is 11.6. The summed E-state index contributed by atoms with van der Waals surface area (Å²) >= 11 is 0. The van der Waals surface area contributed by atoms with E-state index in [9.17, 15) is 21.6 Å². The third-order valence-corrected chi connectivity index (χ3v) is 4.85. The van der Waals surface area contributed by atoms with Crippen LogP contribution in [0.4, 0.5) is 0 Å². The third-order valence-electron chi connectivity index (χ3n) is 1.84. The van der Waals surface area contributed by atoms with Crippen molar-refractivity contribution in [2.24, 2.45) is 0 Å².